The minimum atomic E-state index is -0.548. The van der Waals surface area contributed by atoms with Gasteiger partial charge in [0, 0.05) is 63.0 Å². The van der Waals surface area contributed by atoms with Gasteiger partial charge < -0.3 is 10.2 Å². The maximum absolute atomic E-state index is 14.7. The number of rotatable bonds is 1. The van der Waals surface area contributed by atoms with Crippen molar-refractivity contribution in [1.82, 2.24) is 24.8 Å². The molecule has 2 unspecified atom stereocenters. The van der Waals surface area contributed by atoms with Crippen LogP contribution in [0.25, 0.3) is 0 Å². The summed E-state index contributed by atoms with van der Waals surface area (Å²) >= 11 is 0. The summed E-state index contributed by atoms with van der Waals surface area (Å²) in [5.41, 5.74) is 2.48. The predicted octanol–water partition coefficient (Wildman–Crippen LogP) is 4.36. The molecule has 0 aromatic carbocycles. The Morgan fingerprint density at radius 3 is 2.76 bits per heavy atom. The lowest BCUT2D eigenvalue weighted by atomic mass is 9.79. The molecule has 1 aromatic heterocycles. The fourth-order valence-electron chi connectivity index (χ4n) is 5.62. The second-order valence-electron chi connectivity index (χ2n) is 11.0. The zero-order chi connectivity index (χ0) is 26.5. The van der Waals surface area contributed by atoms with E-state index in [1.807, 2.05) is 13.0 Å². The van der Waals surface area contributed by atoms with Crippen molar-refractivity contribution in [3.8, 4) is 0 Å². The average molecular weight is 520 g/mol. The molecule has 0 spiro atoms. The van der Waals surface area contributed by atoms with E-state index < -0.39 is 5.41 Å². The molecule has 8 bridgehead atoms. The van der Waals surface area contributed by atoms with E-state index in [0.29, 0.717) is 48.9 Å². The van der Waals surface area contributed by atoms with Crippen molar-refractivity contribution in [3.05, 3.63) is 59.1 Å². The first-order chi connectivity index (χ1) is 18.4. The van der Waals surface area contributed by atoms with E-state index in [4.69, 9.17) is 4.98 Å². The number of hydrogen-bond donors (Lipinski definition) is 1. The van der Waals surface area contributed by atoms with E-state index >= 15 is 0 Å². The molecule has 1 saturated heterocycles. The van der Waals surface area contributed by atoms with Gasteiger partial charge in [-0.05, 0) is 68.2 Å². The third-order valence-corrected chi connectivity index (χ3v) is 7.97. The summed E-state index contributed by atoms with van der Waals surface area (Å²) in [4.78, 5) is 34.9. The summed E-state index contributed by atoms with van der Waals surface area (Å²) in [6.07, 6.45) is 15.2. The largest absolute Gasteiger partial charge is 0.328 e. The van der Waals surface area contributed by atoms with E-state index in [2.05, 4.69) is 49.2 Å². The number of carbonyl (C=O) groups excluding carboxylic acids is 1. The van der Waals surface area contributed by atoms with Crippen molar-refractivity contribution < 1.29 is 9.18 Å². The van der Waals surface area contributed by atoms with Crippen LogP contribution in [0.15, 0.2) is 58.3 Å². The van der Waals surface area contributed by atoms with Crippen LogP contribution in [0.4, 0.5) is 10.3 Å². The third kappa shape index (κ3) is 6.50. The van der Waals surface area contributed by atoms with Crippen molar-refractivity contribution >= 4 is 18.1 Å². The normalized spacial score (nSPS) is 30.6. The second kappa shape index (κ2) is 11.8. The van der Waals surface area contributed by atoms with Crippen molar-refractivity contribution in [1.29, 1.82) is 0 Å². The van der Waals surface area contributed by atoms with Crippen LogP contribution in [0.2, 0.25) is 0 Å². The lowest BCUT2D eigenvalue weighted by Crippen LogP contribution is -2.47. The third-order valence-electron chi connectivity index (χ3n) is 7.97. The molecular weight excluding hydrogens is 481 g/mol. The quantitative estimate of drug-likeness (QED) is 0.590. The molecule has 202 valence electrons. The molecule has 4 heterocycles. The van der Waals surface area contributed by atoms with E-state index in [0.717, 1.165) is 57.8 Å². The number of nitrogens with one attached hydrogen (secondary N) is 1. The van der Waals surface area contributed by atoms with E-state index in [-0.39, 0.29) is 11.7 Å². The minimum Gasteiger partial charge on any atom is -0.328 e. The number of allylic oxidation sites excluding steroid dienone is 6. The summed E-state index contributed by atoms with van der Waals surface area (Å²) in [5.74, 6) is 1.25. The van der Waals surface area contributed by atoms with Gasteiger partial charge in [0.2, 0.25) is 11.9 Å². The highest BCUT2D eigenvalue weighted by Crippen LogP contribution is 2.37. The summed E-state index contributed by atoms with van der Waals surface area (Å²) < 4.78 is 14.7. The van der Waals surface area contributed by atoms with Gasteiger partial charge in [-0.15, -0.1) is 0 Å². The molecule has 3 aliphatic heterocycles. The number of anilines is 1. The molecule has 2 aliphatic carbocycles. The van der Waals surface area contributed by atoms with Gasteiger partial charge in [0.15, 0.2) is 0 Å². The number of halogens is 1. The molecule has 8 nitrogen and oxygen atoms in total. The summed E-state index contributed by atoms with van der Waals surface area (Å²) in [7, 11) is 0. The van der Waals surface area contributed by atoms with Gasteiger partial charge in [-0.25, -0.2) is 19.4 Å². The summed E-state index contributed by atoms with van der Waals surface area (Å²) in [5, 5.41) is 3.47. The molecule has 1 amide bonds. The monoisotopic (exact) mass is 519 g/mol. The molecule has 0 radical (unpaired) electrons. The Morgan fingerprint density at radius 1 is 1.13 bits per heavy atom. The number of hydrogen-bond acceptors (Lipinski definition) is 7. The molecule has 38 heavy (non-hydrogen) atoms. The molecule has 1 fully saturated rings. The molecule has 2 atom stereocenters. The summed E-state index contributed by atoms with van der Waals surface area (Å²) in [6.45, 7) is 9.73. The average Bonchev–Trinajstić information content (AvgIpc) is 2.92. The first-order valence-corrected chi connectivity index (χ1v) is 13.9. The number of piperazine rings is 1. The SMILES string of the molecule is CCC1C=C2C=C(C1)Nc1ncnc(n1)C1(C)C=C(CCC=NC(=O)CCN3CCN(CC3)C2)C(F)=CC1. The van der Waals surface area contributed by atoms with Gasteiger partial charge in [-0.3, -0.25) is 9.69 Å². The van der Waals surface area contributed by atoms with Gasteiger partial charge in [0.05, 0.1) is 0 Å². The zero-order valence-electron chi connectivity index (χ0n) is 22.5. The Hall–Kier alpha value is -3.04. The highest BCUT2D eigenvalue weighted by Gasteiger charge is 2.32. The molecular formula is C29H38FN7O. The number of aliphatic imine (C=N–C) groups is 1. The smallest absolute Gasteiger partial charge is 0.246 e. The number of fused-ring (bicyclic) bond motifs is 7. The van der Waals surface area contributed by atoms with Crippen LogP contribution < -0.4 is 5.32 Å². The predicted molar refractivity (Wildman–Crippen MR) is 147 cm³/mol. The van der Waals surface area contributed by atoms with Gasteiger partial charge in [-0.1, -0.05) is 19.1 Å². The maximum atomic E-state index is 14.7. The molecule has 5 aliphatic rings. The maximum Gasteiger partial charge on any atom is 0.246 e. The first kappa shape index (κ1) is 26.6. The van der Waals surface area contributed by atoms with Crippen LogP contribution in [0, 0.1) is 5.92 Å². The highest BCUT2D eigenvalue weighted by molar-refractivity contribution is 5.85. The van der Waals surface area contributed by atoms with Crippen molar-refractivity contribution in [3.63, 3.8) is 0 Å². The van der Waals surface area contributed by atoms with Gasteiger partial charge in [-0.2, -0.15) is 4.98 Å². The fourth-order valence-corrected chi connectivity index (χ4v) is 5.62. The lowest BCUT2D eigenvalue weighted by Gasteiger charge is -2.35. The van der Waals surface area contributed by atoms with Crippen molar-refractivity contribution in [2.45, 2.75) is 57.8 Å². The zero-order valence-corrected chi connectivity index (χ0v) is 22.5. The Morgan fingerprint density at radius 2 is 1.95 bits per heavy atom. The Kier molecular flexibility index (Phi) is 8.24. The number of nitrogens with zero attached hydrogens (tertiary/aromatic N) is 6. The minimum absolute atomic E-state index is 0.117. The van der Waals surface area contributed by atoms with Crippen LogP contribution in [-0.2, 0) is 10.2 Å². The van der Waals surface area contributed by atoms with Crippen LogP contribution >= 0.6 is 0 Å². The Labute approximate surface area is 224 Å². The Bertz CT molecular complexity index is 1200. The standard InChI is InChI=1S/C29H38FN7O/c1-3-21-15-22-17-24(16-21)34-28-33-20-32-27(35-28)29(2)8-6-25(30)23(18-29)5-4-9-31-26(38)7-10-36-11-13-37(19-22)14-12-36/h6,9,15,17-18,20-21H,3-5,7-8,10-14,16,19H2,1-2H3,(H,32,33,34,35). The second-order valence-corrected chi connectivity index (χ2v) is 11.0. The van der Waals surface area contributed by atoms with Crippen LogP contribution in [0.1, 0.15) is 58.2 Å². The van der Waals surface area contributed by atoms with Crippen molar-refractivity contribution in [2.75, 3.05) is 44.6 Å². The highest BCUT2D eigenvalue weighted by atomic mass is 19.1. The Balaban J connectivity index is 1.43. The summed E-state index contributed by atoms with van der Waals surface area (Å²) in [6, 6.07) is 0. The van der Waals surface area contributed by atoms with Gasteiger partial charge in [0.25, 0.3) is 0 Å². The molecule has 0 saturated carbocycles. The molecule has 1 aromatic rings. The van der Waals surface area contributed by atoms with Crippen LogP contribution in [-0.4, -0.2) is 76.1 Å². The van der Waals surface area contributed by atoms with E-state index in [1.54, 1.807) is 12.3 Å². The van der Waals surface area contributed by atoms with Gasteiger partial charge in [0.1, 0.15) is 18.0 Å². The van der Waals surface area contributed by atoms with E-state index in [1.165, 1.54) is 11.9 Å². The molecule has 1 N–H and O–H groups in total. The number of amides is 1. The first-order valence-electron chi connectivity index (χ1n) is 13.9. The van der Waals surface area contributed by atoms with Gasteiger partial charge >= 0.3 is 0 Å². The number of carbonyl (C=O) groups is 1. The number of aromatic nitrogens is 3. The van der Waals surface area contributed by atoms with Crippen molar-refractivity contribution in [2.24, 2.45) is 10.9 Å². The molecule has 9 heteroatoms. The van der Waals surface area contributed by atoms with Crippen LogP contribution in [0.5, 0.6) is 0 Å². The van der Waals surface area contributed by atoms with E-state index in [9.17, 15) is 9.18 Å². The lowest BCUT2D eigenvalue weighted by molar-refractivity contribution is -0.118. The molecule has 6 rings (SSSR count). The topological polar surface area (TPSA) is 86.6 Å². The van der Waals surface area contributed by atoms with Crippen LogP contribution in [0.3, 0.4) is 0 Å². The fraction of sp³-hybridized carbons (Fsp3) is 0.552.